The molecule has 2 rings (SSSR count). The van der Waals surface area contributed by atoms with Crippen molar-refractivity contribution in [1.29, 1.82) is 0 Å². The van der Waals surface area contributed by atoms with Gasteiger partial charge in [-0.05, 0) is 61.0 Å². The standard InChI is InChI=1S/C12H15IN2O3/c1-14-7-8-4-10(5-8)18-12-3-2-9(15(16)17)6-11(12)13/h2-3,6,8,10,14H,4-5,7H2,1H3. The molecule has 0 spiro atoms. The summed E-state index contributed by atoms with van der Waals surface area (Å²) in [5.41, 5.74) is 0.105. The normalized spacial score (nSPS) is 22.3. The molecule has 0 heterocycles. The molecule has 1 saturated carbocycles. The van der Waals surface area contributed by atoms with Crippen molar-refractivity contribution < 1.29 is 9.66 Å². The summed E-state index contributed by atoms with van der Waals surface area (Å²) in [7, 11) is 1.95. The van der Waals surface area contributed by atoms with Crippen LogP contribution in [0.25, 0.3) is 0 Å². The summed E-state index contributed by atoms with van der Waals surface area (Å²) in [6, 6.07) is 4.71. The van der Waals surface area contributed by atoms with E-state index >= 15 is 0 Å². The topological polar surface area (TPSA) is 64.4 Å². The summed E-state index contributed by atoms with van der Waals surface area (Å²) >= 11 is 2.07. The minimum Gasteiger partial charge on any atom is -0.489 e. The zero-order chi connectivity index (χ0) is 13.1. The van der Waals surface area contributed by atoms with E-state index in [1.54, 1.807) is 12.1 Å². The lowest BCUT2D eigenvalue weighted by Gasteiger charge is -2.35. The Morgan fingerprint density at radius 3 is 2.83 bits per heavy atom. The third-order valence-corrected chi connectivity index (χ3v) is 3.95. The summed E-state index contributed by atoms with van der Waals surface area (Å²) in [5, 5.41) is 13.8. The third kappa shape index (κ3) is 3.11. The van der Waals surface area contributed by atoms with Gasteiger partial charge in [0.15, 0.2) is 0 Å². The van der Waals surface area contributed by atoms with Crippen LogP contribution in [0.1, 0.15) is 12.8 Å². The zero-order valence-corrected chi connectivity index (χ0v) is 12.2. The van der Waals surface area contributed by atoms with Crippen LogP contribution < -0.4 is 10.1 Å². The lowest BCUT2D eigenvalue weighted by atomic mass is 9.82. The number of nitrogens with zero attached hydrogens (tertiary/aromatic N) is 1. The van der Waals surface area contributed by atoms with E-state index in [1.165, 1.54) is 6.07 Å². The van der Waals surface area contributed by atoms with Crippen molar-refractivity contribution in [2.75, 3.05) is 13.6 Å². The number of non-ortho nitro benzene ring substituents is 1. The maximum atomic E-state index is 10.6. The minimum atomic E-state index is -0.391. The van der Waals surface area contributed by atoms with Crippen LogP contribution in [0.2, 0.25) is 0 Å². The van der Waals surface area contributed by atoms with E-state index in [0.717, 1.165) is 28.7 Å². The van der Waals surface area contributed by atoms with Crippen LogP contribution in [0, 0.1) is 19.6 Å². The fraction of sp³-hybridized carbons (Fsp3) is 0.500. The van der Waals surface area contributed by atoms with Crippen molar-refractivity contribution in [3.8, 4) is 5.75 Å². The Hall–Kier alpha value is -0.890. The van der Waals surface area contributed by atoms with E-state index in [1.807, 2.05) is 7.05 Å². The van der Waals surface area contributed by atoms with E-state index in [-0.39, 0.29) is 11.8 Å². The number of nitro benzene ring substituents is 1. The Bertz CT molecular complexity index is 447. The van der Waals surface area contributed by atoms with E-state index in [0.29, 0.717) is 5.92 Å². The molecule has 98 valence electrons. The summed E-state index contributed by atoms with van der Waals surface area (Å²) in [4.78, 5) is 10.2. The second-order valence-electron chi connectivity index (χ2n) is 4.51. The van der Waals surface area contributed by atoms with E-state index in [9.17, 15) is 10.1 Å². The fourth-order valence-electron chi connectivity index (χ4n) is 2.10. The number of hydrogen-bond donors (Lipinski definition) is 1. The van der Waals surface area contributed by atoms with Gasteiger partial charge in [0.1, 0.15) is 5.75 Å². The van der Waals surface area contributed by atoms with Gasteiger partial charge in [-0.3, -0.25) is 10.1 Å². The molecule has 1 aliphatic rings. The average molecular weight is 362 g/mol. The molecule has 0 bridgehead atoms. The molecule has 0 radical (unpaired) electrons. The molecule has 0 aliphatic heterocycles. The van der Waals surface area contributed by atoms with Gasteiger partial charge < -0.3 is 10.1 Å². The average Bonchev–Trinajstić information content (AvgIpc) is 2.28. The number of halogens is 1. The summed E-state index contributed by atoms with van der Waals surface area (Å²) < 4.78 is 6.63. The van der Waals surface area contributed by atoms with Crippen LogP contribution >= 0.6 is 22.6 Å². The molecular formula is C12H15IN2O3. The number of nitrogens with one attached hydrogen (secondary N) is 1. The fourth-order valence-corrected chi connectivity index (χ4v) is 2.73. The largest absolute Gasteiger partial charge is 0.489 e. The van der Waals surface area contributed by atoms with Gasteiger partial charge in [-0.2, -0.15) is 0 Å². The van der Waals surface area contributed by atoms with Crippen molar-refractivity contribution in [2.45, 2.75) is 18.9 Å². The minimum absolute atomic E-state index is 0.105. The molecule has 18 heavy (non-hydrogen) atoms. The van der Waals surface area contributed by atoms with Crippen LogP contribution in [-0.2, 0) is 0 Å². The highest BCUT2D eigenvalue weighted by Gasteiger charge is 2.30. The molecule has 1 aromatic carbocycles. The van der Waals surface area contributed by atoms with Crippen molar-refractivity contribution in [2.24, 2.45) is 5.92 Å². The molecule has 0 unspecified atom stereocenters. The molecule has 5 nitrogen and oxygen atoms in total. The second-order valence-corrected chi connectivity index (χ2v) is 5.67. The monoisotopic (exact) mass is 362 g/mol. The molecule has 6 heteroatoms. The first-order valence-corrected chi connectivity index (χ1v) is 6.93. The van der Waals surface area contributed by atoms with Crippen LogP contribution in [0.5, 0.6) is 5.75 Å². The number of hydrogen-bond acceptors (Lipinski definition) is 4. The number of nitro groups is 1. The third-order valence-electron chi connectivity index (χ3n) is 3.11. The highest BCUT2D eigenvalue weighted by molar-refractivity contribution is 14.1. The molecule has 0 atom stereocenters. The number of rotatable bonds is 5. The van der Waals surface area contributed by atoms with Crippen molar-refractivity contribution >= 4 is 28.3 Å². The maximum absolute atomic E-state index is 10.6. The van der Waals surface area contributed by atoms with Gasteiger partial charge >= 0.3 is 0 Å². The predicted molar refractivity (Wildman–Crippen MR) is 76.9 cm³/mol. The second kappa shape index (κ2) is 5.83. The van der Waals surface area contributed by atoms with Gasteiger partial charge in [-0.15, -0.1) is 0 Å². The van der Waals surface area contributed by atoms with Crippen molar-refractivity contribution in [1.82, 2.24) is 5.32 Å². The first kappa shape index (κ1) is 13.5. The number of ether oxygens (including phenoxy) is 1. The van der Waals surface area contributed by atoms with Crippen LogP contribution in [-0.4, -0.2) is 24.6 Å². The van der Waals surface area contributed by atoms with Crippen LogP contribution in [0.15, 0.2) is 18.2 Å². The molecule has 0 saturated heterocycles. The Labute approximate surface area is 119 Å². The van der Waals surface area contributed by atoms with Gasteiger partial charge in [0.2, 0.25) is 0 Å². The zero-order valence-electron chi connectivity index (χ0n) is 10.1. The smallest absolute Gasteiger partial charge is 0.270 e. The molecule has 1 aliphatic carbocycles. The molecule has 0 aromatic heterocycles. The highest BCUT2D eigenvalue weighted by Crippen LogP contribution is 2.33. The molecule has 1 fully saturated rings. The Kier molecular flexibility index (Phi) is 4.39. The Balaban J connectivity index is 1.93. The highest BCUT2D eigenvalue weighted by atomic mass is 127. The van der Waals surface area contributed by atoms with E-state index in [2.05, 4.69) is 27.9 Å². The molecule has 1 aromatic rings. The molecule has 1 N–H and O–H groups in total. The lowest BCUT2D eigenvalue weighted by Crippen LogP contribution is -2.38. The first-order chi connectivity index (χ1) is 8.60. The van der Waals surface area contributed by atoms with Gasteiger partial charge in [0.05, 0.1) is 14.6 Å². The Morgan fingerprint density at radius 1 is 1.56 bits per heavy atom. The van der Waals surface area contributed by atoms with Gasteiger partial charge in [0.25, 0.3) is 5.69 Å². The van der Waals surface area contributed by atoms with Gasteiger partial charge in [-0.25, -0.2) is 0 Å². The van der Waals surface area contributed by atoms with Gasteiger partial charge in [0, 0.05) is 12.1 Å². The first-order valence-electron chi connectivity index (χ1n) is 5.85. The molecule has 0 amide bonds. The van der Waals surface area contributed by atoms with Crippen LogP contribution in [0.3, 0.4) is 0 Å². The summed E-state index contributed by atoms with van der Waals surface area (Å²) in [6.45, 7) is 1.03. The Morgan fingerprint density at radius 2 is 2.28 bits per heavy atom. The van der Waals surface area contributed by atoms with E-state index in [4.69, 9.17) is 4.74 Å². The quantitative estimate of drug-likeness (QED) is 0.497. The van der Waals surface area contributed by atoms with Crippen LogP contribution in [0.4, 0.5) is 5.69 Å². The summed E-state index contributed by atoms with van der Waals surface area (Å²) in [6.07, 6.45) is 2.35. The SMILES string of the molecule is CNCC1CC(Oc2ccc([N+](=O)[O-])cc2I)C1. The number of benzene rings is 1. The van der Waals surface area contributed by atoms with E-state index < -0.39 is 4.92 Å². The summed E-state index contributed by atoms with van der Waals surface area (Å²) in [5.74, 6) is 1.44. The maximum Gasteiger partial charge on any atom is 0.270 e. The van der Waals surface area contributed by atoms with Crippen molar-refractivity contribution in [3.63, 3.8) is 0 Å². The van der Waals surface area contributed by atoms with Crippen molar-refractivity contribution in [3.05, 3.63) is 31.9 Å². The lowest BCUT2D eigenvalue weighted by molar-refractivity contribution is -0.385. The molecular weight excluding hydrogens is 347 g/mol. The van der Waals surface area contributed by atoms with Gasteiger partial charge in [-0.1, -0.05) is 0 Å². The predicted octanol–water partition coefficient (Wildman–Crippen LogP) is 2.58.